The first-order valence-corrected chi connectivity index (χ1v) is 7.72. The van der Waals surface area contributed by atoms with Crippen molar-refractivity contribution in [2.75, 3.05) is 20.7 Å². The summed E-state index contributed by atoms with van der Waals surface area (Å²) in [6, 6.07) is 5.81. The Balaban J connectivity index is 2.04. The summed E-state index contributed by atoms with van der Waals surface area (Å²) in [5.41, 5.74) is 1.01. The van der Waals surface area contributed by atoms with E-state index in [1.54, 1.807) is 12.0 Å². The third-order valence-corrected chi connectivity index (χ3v) is 4.13. The number of hydrogen-bond donors (Lipinski definition) is 1. The van der Waals surface area contributed by atoms with Crippen LogP contribution in [0, 0.1) is 0 Å². The Morgan fingerprint density at radius 3 is 2.95 bits per heavy atom. The number of hydrogen-bond acceptors (Lipinski definition) is 3. The summed E-state index contributed by atoms with van der Waals surface area (Å²) in [4.78, 5) is 14.2. The topological polar surface area (TPSA) is 41.6 Å². The van der Waals surface area contributed by atoms with Gasteiger partial charge in [0.1, 0.15) is 5.75 Å². The second kappa shape index (κ2) is 7.09. The molecule has 0 saturated carbocycles. The van der Waals surface area contributed by atoms with Gasteiger partial charge < -0.3 is 15.0 Å². The lowest BCUT2D eigenvalue weighted by atomic mass is 10.0. The van der Waals surface area contributed by atoms with Crippen molar-refractivity contribution in [2.24, 2.45) is 0 Å². The van der Waals surface area contributed by atoms with Crippen molar-refractivity contribution < 1.29 is 9.53 Å². The highest BCUT2D eigenvalue weighted by Crippen LogP contribution is 2.24. The fraction of sp³-hybridized carbons (Fsp3) is 0.533. The van der Waals surface area contributed by atoms with Crippen molar-refractivity contribution in [3.8, 4) is 5.75 Å². The maximum atomic E-state index is 12.4. The highest BCUT2D eigenvalue weighted by molar-refractivity contribution is 9.10. The van der Waals surface area contributed by atoms with Crippen LogP contribution in [0.3, 0.4) is 0 Å². The van der Waals surface area contributed by atoms with Crippen LogP contribution < -0.4 is 10.1 Å². The van der Waals surface area contributed by atoms with Crippen LogP contribution >= 0.6 is 15.9 Å². The maximum absolute atomic E-state index is 12.4. The molecule has 1 atom stereocenters. The van der Waals surface area contributed by atoms with Crippen LogP contribution in [0.15, 0.2) is 22.7 Å². The number of ether oxygens (including phenoxy) is 1. The van der Waals surface area contributed by atoms with Gasteiger partial charge in [0.25, 0.3) is 0 Å². The van der Waals surface area contributed by atoms with E-state index >= 15 is 0 Å². The lowest BCUT2D eigenvalue weighted by molar-refractivity contribution is -0.133. The Hall–Kier alpha value is -1.07. The van der Waals surface area contributed by atoms with Crippen LogP contribution in [-0.4, -0.2) is 37.6 Å². The molecule has 0 radical (unpaired) electrons. The summed E-state index contributed by atoms with van der Waals surface area (Å²) >= 11 is 3.46. The number of carbonyl (C=O) groups is 1. The molecular weight excluding hydrogens is 320 g/mol. The van der Waals surface area contributed by atoms with E-state index in [2.05, 4.69) is 21.2 Å². The quantitative estimate of drug-likeness (QED) is 0.915. The Morgan fingerprint density at radius 1 is 1.50 bits per heavy atom. The van der Waals surface area contributed by atoms with E-state index in [4.69, 9.17) is 4.74 Å². The van der Waals surface area contributed by atoms with Crippen molar-refractivity contribution in [1.82, 2.24) is 10.2 Å². The van der Waals surface area contributed by atoms with Crippen molar-refractivity contribution in [1.29, 1.82) is 0 Å². The number of halogens is 1. The highest BCUT2D eigenvalue weighted by atomic mass is 79.9. The second-order valence-corrected chi connectivity index (χ2v) is 6.07. The third kappa shape index (κ3) is 3.73. The molecule has 110 valence electrons. The molecule has 1 aliphatic heterocycles. The van der Waals surface area contributed by atoms with E-state index in [-0.39, 0.29) is 11.9 Å². The Morgan fingerprint density at radius 2 is 2.30 bits per heavy atom. The van der Waals surface area contributed by atoms with Crippen molar-refractivity contribution in [2.45, 2.75) is 31.8 Å². The summed E-state index contributed by atoms with van der Waals surface area (Å²) in [6.07, 6.45) is 3.21. The molecule has 0 unspecified atom stereocenters. The summed E-state index contributed by atoms with van der Waals surface area (Å²) < 4.78 is 6.34. The lowest BCUT2D eigenvalue weighted by Gasteiger charge is -2.28. The fourth-order valence-electron chi connectivity index (χ4n) is 2.53. The molecule has 1 aromatic carbocycles. The first-order chi connectivity index (χ1) is 9.61. The largest absolute Gasteiger partial charge is 0.496 e. The van der Waals surface area contributed by atoms with Crippen LogP contribution in [0.25, 0.3) is 0 Å². The number of piperidine rings is 1. The van der Waals surface area contributed by atoms with E-state index in [0.717, 1.165) is 41.6 Å². The molecule has 1 aromatic rings. The molecule has 5 heteroatoms. The minimum Gasteiger partial charge on any atom is -0.496 e. The van der Waals surface area contributed by atoms with E-state index < -0.39 is 0 Å². The van der Waals surface area contributed by atoms with Gasteiger partial charge in [0.15, 0.2) is 0 Å². The molecule has 20 heavy (non-hydrogen) atoms. The van der Waals surface area contributed by atoms with E-state index in [1.807, 2.05) is 25.2 Å². The zero-order valence-electron chi connectivity index (χ0n) is 12.0. The molecule has 0 bridgehead atoms. The number of methoxy groups -OCH3 is 1. The Labute approximate surface area is 128 Å². The standard InChI is InChI=1S/C15H21BrN2O2/c1-18(15(19)13-5-3-4-8-17-13)10-11-9-12(16)6-7-14(11)20-2/h6-7,9,13,17H,3-5,8,10H2,1-2H3/t13-/m1/s1. The summed E-state index contributed by atoms with van der Waals surface area (Å²) in [6.45, 7) is 1.49. The minimum atomic E-state index is -0.0353. The molecule has 1 heterocycles. The number of amides is 1. The monoisotopic (exact) mass is 340 g/mol. The first kappa shape index (κ1) is 15.3. The fourth-order valence-corrected chi connectivity index (χ4v) is 2.94. The van der Waals surface area contributed by atoms with Gasteiger partial charge in [-0.1, -0.05) is 22.4 Å². The third-order valence-electron chi connectivity index (χ3n) is 3.63. The maximum Gasteiger partial charge on any atom is 0.239 e. The lowest BCUT2D eigenvalue weighted by Crippen LogP contribution is -2.47. The first-order valence-electron chi connectivity index (χ1n) is 6.92. The normalized spacial score (nSPS) is 18.6. The zero-order chi connectivity index (χ0) is 14.5. The molecule has 2 rings (SSSR count). The molecule has 1 fully saturated rings. The summed E-state index contributed by atoms with van der Waals surface area (Å²) in [5, 5.41) is 3.29. The molecule has 4 nitrogen and oxygen atoms in total. The van der Waals surface area contributed by atoms with Gasteiger partial charge in [0, 0.05) is 23.6 Å². The molecule has 0 aromatic heterocycles. The second-order valence-electron chi connectivity index (χ2n) is 5.15. The molecule has 1 aliphatic rings. The Kier molecular flexibility index (Phi) is 5.43. The molecule has 0 aliphatic carbocycles. The van der Waals surface area contributed by atoms with Gasteiger partial charge in [0.05, 0.1) is 13.2 Å². The van der Waals surface area contributed by atoms with Crippen LogP contribution in [0.2, 0.25) is 0 Å². The van der Waals surface area contributed by atoms with E-state index in [9.17, 15) is 4.79 Å². The van der Waals surface area contributed by atoms with Gasteiger partial charge in [0.2, 0.25) is 5.91 Å². The predicted octanol–water partition coefficient (Wildman–Crippen LogP) is 2.56. The zero-order valence-corrected chi connectivity index (χ0v) is 13.6. The molecule has 1 amide bonds. The van der Waals surface area contributed by atoms with Gasteiger partial charge in [-0.15, -0.1) is 0 Å². The molecule has 1 saturated heterocycles. The number of nitrogens with one attached hydrogen (secondary N) is 1. The van der Waals surface area contributed by atoms with Gasteiger partial charge in [-0.05, 0) is 37.6 Å². The molecule has 1 N–H and O–H groups in total. The number of nitrogens with zero attached hydrogens (tertiary/aromatic N) is 1. The smallest absolute Gasteiger partial charge is 0.239 e. The van der Waals surface area contributed by atoms with Gasteiger partial charge >= 0.3 is 0 Å². The van der Waals surface area contributed by atoms with Crippen LogP contribution in [0.5, 0.6) is 5.75 Å². The highest BCUT2D eigenvalue weighted by Gasteiger charge is 2.24. The van der Waals surface area contributed by atoms with Crippen molar-refractivity contribution >= 4 is 21.8 Å². The van der Waals surface area contributed by atoms with Crippen LogP contribution in [0.1, 0.15) is 24.8 Å². The number of carbonyl (C=O) groups excluding carboxylic acids is 1. The number of likely N-dealkylation sites (N-methyl/N-ethyl adjacent to an activating group) is 1. The van der Waals surface area contributed by atoms with Crippen LogP contribution in [0.4, 0.5) is 0 Å². The molecule has 0 spiro atoms. The van der Waals surface area contributed by atoms with Gasteiger partial charge in [-0.2, -0.15) is 0 Å². The summed E-state index contributed by atoms with van der Waals surface area (Å²) in [7, 11) is 3.50. The average Bonchev–Trinajstić information content (AvgIpc) is 2.47. The van der Waals surface area contributed by atoms with Gasteiger partial charge in [-0.3, -0.25) is 4.79 Å². The minimum absolute atomic E-state index is 0.0353. The average molecular weight is 341 g/mol. The van der Waals surface area contributed by atoms with Crippen molar-refractivity contribution in [3.05, 3.63) is 28.2 Å². The Bertz CT molecular complexity index is 473. The van der Waals surface area contributed by atoms with E-state index in [0.29, 0.717) is 6.54 Å². The number of rotatable bonds is 4. The number of benzene rings is 1. The predicted molar refractivity (Wildman–Crippen MR) is 82.8 cm³/mol. The van der Waals surface area contributed by atoms with Crippen LogP contribution in [-0.2, 0) is 11.3 Å². The summed E-state index contributed by atoms with van der Waals surface area (Å²) in [5.74, 6) is 0.969. The molecular formula is C15H21BrN2O2. The van der Waals surface area contributed by atoms with Gasteiger partial charge in [-0.25, -0.2) is 0 Å². The SMILES string of the molecule is COc1ccc(Br)cc1CN(C)C(=O)[C@H]1CCCCN1. The van der Waals surface area contributed by atoms with Crippen molar-refractivity contribution in [3.63, 3.8) is 0 Å². The van der Waals surface area contributed by atoms with E-state index in [1.165, 1.54) is 0 Å².